The molecule has 0 radical (unpaired) electrons. The van der Waals surface area contributed by atoms with E-state index in [0.717, 1.165) is 36.0 Å². The van der Waals surface area contributed by atoms with Gasteiger partial charge in [-0.25, -0.2) is 0 Å². The second-order valence-corrected chi connectivity index (χ2v) is 6.75. The van der Waals surface area contributed by atoms with E-state index in [1.165, 1.54) is 19.4 Å². The average molecular weight is 291 g/mol. The first-order valence-corrected chi connectivity index (χ1v) is 7.91. The number of likely N-dealkylation sites (tertiary alicyclic amines) is 1. The molecule has 1 aliphatic rings. The quantitative estimate of drug-likeness (QED) is 0.778. The van der Waals surface area contributed by atoms with E-state index >= 15 is 0 Å². The molecule has 1 aliphatic heterocycles. The summed E-state index contributed by atoms with van der Waals surface area (Å²) in [5.41, 5.74) is 3.13. The maximum absolute atomic E-state index is 12.5. The first-order valence-electron chi connectivity index (χ1n) is 7.91. The van der Waals surface area contributed by atoms with E-state index in [4.69, 9.17) is 0 Å². The van der Waals surface area contributed by atoms with Gasteiger partial charge in [-0.05, 0) is 65.9 Å². The van der Waals surface area contributed by atoms with Crippen LogP contribution in [0.5, 0.6) is 0 Å². The molecule has 1 saturated heterocycles. The van der Waals surface area contributed by atoms with Crippen molar-refractivity contribution < 1.29 is 4.79 Å². The largest absolute Gasteiger partial charge is 0.351 e. The molecule has 0 unspecified atom stereocenters. The van der Waals surface area contributed by atoms with Crippen LogP contribution in [0.4, 0.5) is 0 Å². The van der Waals surface area contributed by atoms with Crippen molar-refractivity contribution in [3.63, 3.8) is 0 Å². The number of hydrogen-bond donors (Lipinski definition) is 0. The van der Waals surface area contributed by atoms with E-state index in [0.29, 0.717) is 6.54 Å². The van der Waals surface area contributed by atoms with Gasteiger partial charge >= 0.3 is 0 Å². The Hall–Kier alpha value is -1.13. The molecule has 1 fully saturated rings. The van der Waals surface area contributed by atoms with E-state index in [2.05, 4.69) is 35.4 Å². The minimum Gasteiger partial charge on any atom is -0.351 e. The minimum absolute atomic E-state index is 0.266. The third-order valence-corrected chi connectivity index (χ3v) is 4.77. The highest BCUT2D eigenvalue weighted by Gasteiger charge is 2.23. The number of nitrogens with zero attached hydrogens (tertiary/aromatic N) is 3. The van der Waals surface area contributed by atoms with Crippen LogP contribution in [0.15, 0.2) is 6.07 Å². The molecular weight excluding hydrogens is 262 g/mol. The molecule has 1 aromatic rings. The average Bonchev–Trinajstić information content (AvgIpc) is 2.68. The highest BCUT2D eigenvalue weighted by Crippen LogP contribution is 2.19. The summed E-state index contributed by atoms with van der Waals surface area (Å²) in [7, 11) is 6.29. The van der Waals surface area contributed by atoms with E-state index in [-0.39, 0.29) is 5.78 Å². The molecule has 2 heterocycles. The zero-order valence-electron chi connectivity index (χ0n) is 14.1. The number of aromatic nitrogens is 1. The second-order valence-electron chi connectivity index (χ2n) is 6.75. The number of Topliss-reactive ketones (excluding diaryl/α,β-unsaturated/α-hetero) is 1. The Bertz CT molecular complexity index is 496. The van der Waals surface area contributed by atoms with Gasteiger partial charge in [0, 0.05) is 30.5 Å². The molecule has 0 saturated carbocycles. The monoisotopic (exact) mass is 291 g/mol. The molecule has 0 aromatic carbocycles. The normalized spacial score (nSPS) is 17.6. The lowest BCUT2D eigenvalue weighted by Gasteiger charge is -2.32. The first kappa shape index (κ1) is 16.2. The number of carbonyl (C=O) groups excluding carboxylic acids is 1. The Morgan fingerprint density at radius 2 is 1.90 bits per heavy atom. The summed E-state index contributed by atoms with van der Waals surface area (Å²) in [6.07, 6.45) is 2.41. The molecule has 2 rings (SSSR count). The Kier molecular flexibility index (Phi) is 5.22. The number of aryl methyl sites for hydroxylation is 1. The fourth-order valence-corrected chi connectivity index (χ4v) is 3.27. The fraction of sp³-hybridized carbons (Fsp3) is 0.706. The molecular formula is C17H29N3O. The predicted molar refractivity (Wildman–Crippen MR) is 86.9 cm³/mol. The molecule has 118 valence electrons. The van der Waals surface area contributed by atoms with Crippen molar-refractivity contribution in [2.45, 2.75) is 26.7 Å². The third-order valence-electron chi connectivity index (χ3n) is 4.77. The van der Waals surface area contributed by atoms with Crippen LogP contribution < -0.4 is 0 Å². The number of carbonyl (C=O) groups is 1. The number of piperidine rings is 1. The van der Waals surface area contributed by atoms with Crippen molar-refractivity contribution in [3.05, 3.63) is 23.0 Å². The molecule has 0 bridgehead atoms. The molecule has 0 aliphatic carbocycles. The Balaban J connectivity index is 1.88. The molecule has 0 N–H and O–H groups in total. The van der Waals surface area contributed by atoms with Gasteiger partial charge in [0.25, 0.3) is 0 Å². The first-order chi connectivity index (χ1) is 9.88. The summed E-state index contributed by atoms with van der Waals surface area (Å²) in [5, 5.41) is 0. The maximum Gasteiger partial charge on any atom is 0.178 e. The van der Waals surface area contributed by atoms with Gasteiger partial charge in [-0.2, -0.15) is 0 Å². The molecule has 4 nitrogen and oxygen atoms in total. The Morgan fingerprint density at radius 3 is 2.38 bits per heavy atom. The zero-order valence-corrected chi connectivity index (χ0v) is 14.1. The lowest BCUT2D eigenvalue weighted by molar-refractivity contribution is 0.0885. The van der Waals surface area contributed by atoms with Crippen LogP contribution in [0.2, 0.25) is 0 Å². The summed E-state index contributed by atoms with van der Waals surface area (Å²) >= 11 is 0. The van der Waals surface area contributed by atoms with Crippen LogP contribution in [0.1, 0.15) is 34.6 Å². The van der Waals surface area contributed by atoms with Gasteiger partial charge in [-0.3, -0.25) is 9.69 Å². The van der Waals surface area contributed by atoms with Gasteiger partial charge in [0.2, 0.25) is 0 Å². The van der Waals surface area contributed by atoms with E-state index in [1.807, 2.05) is 20.0 Å². The van der Waals surface area contributed by atoms with Crippen LogP contribution in [0, 0.1) is 19.8 Å². The van der Waals surface area contributed by atoms with E-state index in [1.54, 1.807) is 0 Å². The van der Waals surface area contributed by atoms with Crippen LogP contribution in [0.3, 0.4) is 0 Å². The minimum atomic E-state index is 0.266. The second kappa shape index (κ2) is 6.75. The molecule has 0 spiro atoms. The molecule has 0 atom stereocenters. The molecule has 0 amide bonds. The fourth-order valence-electron chi connectivity index (χ4n) is 3.27. The SMILES string of the molecule is Cc1cc(C(=O)CN2CCC(CN(C)C)CC2)c(C)n1C. The number of rotatable bonds is 5. The van der Waals surface area contributed by atoms with Crippen molar-refractivity contribution in [1.29, 1.82) is 0 Å². The van der Waals surface area contributed by atoms with Crippen molar-refractivity contribution in [3.8, 4) is 0 Å². The van der Waals surface area contributed by atoms with Crippen molar-refractivity contribution in [1.82, 2.24) is 14.4 Å². The van der Waals surface area contributed by atoms with Crippen molar-refractivity contribution in [2.75, 3.05) is 40.3 Å². The molecule has 1 aromatic heterocycles. The lowest BCUT2D eigenvalue weighted by Crippen LogP contribution is -2.39. The van der Waals surface area contributed by atoms with Gasteiger partial charge in [0.15, 0.2) is 5.78 Å². The van der Waals surface area contributed by atoms with Gasteiger partial charge in [0.05, 0.1) is 6.54 Å². The van der Waals surface area contributed by atoms with Gasteiger partial charge < -0.3 is 9.47 Å². The molecule has 21 heavy (non-hydrogen) atoms. The summed E-state index contributed by atoms with van der Waals surface area (Å²) < 4.78 is 2.09. The summed E-state index contributed by atoms with van der Waals surface area (Å²) in [6, 6.07) is 2.02. The Morgan fingerprint density at radius 1 is 1.29 bits per heavy atom. The predicted octanol–water partition coefficient (Wildman–Crippen LogP) is 2.10. The van der Waals surface area contributed by atoms with Crippen molar-refractivity contribution >= 4 is 5.78 Å². The highest BCUT2D eigenvalue weighted by atomic mass is 16.1. The number of ketones is 1. The van der Waals surface area contributed by atoms with Crippen molar-refractivity contribution in [2.24, 2.45) is 13.0 Å². The Labute approximate surface area is 128 Å². The topological polar surface area (TPSA) is 28.5 Å². The summed E-state index contributed by atoms with van der Waals surface area (Å²) in [5.74, 6) is 1.05. The van der Waals surface area contributed by atoms with E-state index in [9.17, 15) is 4.79 Å². The smallest absolute Gasteiger partial charge is 0.178 e. The summed E-state index contributed by atoms with van der Waals surface area (Å²) in [6.45, 7) is 7.92. The van der Waals surface area contributed by atoms with E-state index < -0.39 is 0 Å². The van der Waals surface area contributed by atoms with Gasteiger partial charge in [-0.15, -0.1) is 0 Å². The number of hydrogen-bond acceptors (Lipinski definition) is 3. The standard InChI is InChI=1S/C17H29N3O/c1-13-10-16(14(2)19(13)5)17(21)12-20-8-6-15(7-9-20)11-18(3)4/h10,15H,6-9,11-12H2,1-5H3. The van der Waals surface area contributed by atoms with Gasteiger partial charge in [-0.1, -0.05) is 0 Å². The lowest BCUT2D eigenvalue weighted by atomic mass is 9.96. The van der Waals surface area contributed by atoms with Crippen LogP contribution >= 0.6 is 0 Å². The zero-order chi connectivity index (χ0) is 15.6. The van der Waals surface area contributed by atoms with Crippen LogP contribution in [-0.2, 0) is 7.05 Å². The van der Waals surface area contributed by atoms with Crippen LogP contribution in [-0.4, -0.2) is 60.4 Å². The van der Waals surface area contributed by atoms with Crippen LogP contribution in [0.25, 0.3) is 0 Å². The molecule has 4 heteroatoms. The van der Waals surface area contributed by atoms with Gasteiger partial charge in [0.1, 0.15) is 0 Å². The summed E-state index contributed by atoms with van der Waals surface area (Å²) in [4.78, 5) is 17.1. The maximum atomic E-state index is 12.5. The third kappa shape index (κ3) is 3.95. The highest BCUT2D eigenvalue weighted by molar-refractivity contribution is 5.99.